The van der Waals surface area contributed by atoms with E-state index in [4.69, 9.17) is 17.3 Å². The molecule has 1 aliphatic heterocycles. The zero-order valence-corrected chi connectivity index (χ0v) is 11.4. The van der Waals surface area contributed by atoms with Crippen LogP contribution in [0, 0.1) is 5.92 Å². The third kappa shape index (κ3) is 3.14. The summed E-state index contributed by atoms with van der Waals surface area (Å²) < 4.78 is 0. The van der Waals surface area contributed by atoms with Crippen molar-refractivity contribution in [3.63, 3.8) is 0 Å². The summed E-state index contributed by atoms with van der Waals surface area (Å²) in [6, 6.07) is 6.46. The molecule has 1 aliphatic rings. The van der Waals surface area contributed by atoms with Gasteiger partial charge in [0, 0.05) is 29.8 Å². The molecule has 1 fully saturated rings. The average Bonchev–Trinajstić information content (AvgIpc) is 2.27. The molecule has 17 heavy (non-hydrogen) atoms. The molecule has 94 valence electrons. The molecule has 1 aromatic rings. The number of likely N-dealkylation sites (tertiary alicyclic amines) is 1. The van der Waals surface area contributed by atoms with Crippen LogP contribution in [0.2, 0.25) is 5.02 Å². The number of hydrogen-bond acceptors (Lipinski definition) is 2. The normalized spacial score (nSPS) is 26.1. The fraction of sp³-hybridized carbons (Fsp3) is 0.571. The quantitative estimate of drug-likeness (QED) is 0.816. The number of piperidine rings is 1. The molecule has 0 spiro atoms. The monoisotopic (exact) mass is 252 g/mol. The second-order valence-electron chi connectivity index (χ2n) is 5.30. The summed E-state index contributed by atoms with van der Waals surface area (Å²) in [5, 5.41) is 0.714. The van der Waals surface area contributed by atoms with E-state index in [-0.39, 0.29) is 0 Å². The van der Waals surface area contributed by atoms with E-state index in [1.807, 2.05) is 18.2 Å². The predicted molar refractivity (Wildman–Crippen MR) is 74.1 cm³/mol. The van der Waals surface area contributed by atoms with E-state index < -0.39 is 0 Å². The molecule has 2 atom stereocenters. The topological polar surface area (TPSA) is 29.3 Å². The highest BCUT2D eigenvalue weighted by Gasteiger charge is 2.23. The second-order valence-corrected chi connectivity index (χ2v) is 5.74. The molecule has 0 amide bonds. The summed E-state index contributed by atoms with van der Waals surface area (Å²) in [6.07, 6.45) is 2.63. The highest BCUT2D eigenvalue weighted by atomic mass is 35.5. The lowest BCUT2D eigenvalue weighted by Crippen LogP contribution is -2.40. The van der Waals surface area contributed by atoms with Gasteiger partial charge in [0.1, 0.15) is 0 Å². The number of benzene rings is 1. The lowest BCUT2D eigenvalue weighted by Gasteiger charge is -2.37. The van der Waals surface area contributed by atoms with Crippen molar-refractivity contribution in [1.82, 2.24) is 4.90 Å². The predicted octanol–water partition coefficient (Wildman–Crippen LogP) is 3.54. The van der Waals surface area contributed by atoms with E-state index in [0.29, 0.717) is 11.1 Å². The van der Waals surface area contributed by atoms with Crippen LogP contribution in [0.25, 0.3) is 0 Å². The first kappa shape index (κ1) is 12.7. The third-order valence-corrected chi connectivity index (χ3v) is 3.96. The molecule has 2 unspecified atom stereocenters. The Morgan fingerprint density at radius 3 is 2.82 bits per heavy atom. The number of hydrogen-bond donors (Lipinski definition) is 1. The molecule has 0 aliphatic carbocycles. The Kier molecular flexibility index (Phi) is 3.95. The van der Waals surface area contributed by atoms with Gasteiger partial charge in [0.25, 0.3) is 0 Å². The molecular weight excluding hydrogens is 232 g/mol. The van der Waals surface area contributed by atoms with Gasteiger partial charge in [0.15, 0.2) is 0 Å². The largest absolute Gasteiger partial charge is 0.398 e. The van der Waals surface area contributed by atoms with Crippen molar-refractivity contribution in [3.05, 3.63) is 28.8 Å². The molecule has 1 heterocycles. The van der Waals surface area contributed by atoms with E-state index in [9.17, 15) is 0 Å². The van der Waals surface area contributed by atoms with E-state index in [2.05, 4.69) is 18.7 Å². The van der Waals surface area contributed by atoms with Crippen molar-refractivity contribution >= 4 is 17.3 Å². The number of anilines is 1. The maximum atomic E-state index is 6.01. The first-order chi connectivity index (χ1) is 8.06. The Morgan fingerprint density at radius 1 is 1.35 bits per heavy atom. The van der Waals surface area contributed by atoms with Gasteiger partial charge in [0.05, 0.1) is 0 Å². The molecule has 1 saturated heterocycles. The van der Waals surface area contributed by atoms with Crippen LogP contribution in [0.3, 0.4) is 0 Å². The molecule has 3 heteroatoms. The molecular formula is C14H21ClN2. The minimum absolute atomic E-state index is 0.654. The number of halogens is 1. The molecule has 2 nitrogen and oxygen atoms in total. The fourth-order valence-electron chi connectivity index (χ4n) is 2.53. The van der Waals surface area contributed by atoms with Crippen LogP contribution >= 0.6 is 11.6 Å². The molecule has 2 N–H and O–H groups in total. The first-order valence-corrected chi connectivity index (χ1v) is 6.72. The molecule has 0 bridgehead atoms. The molecule has 0 saturated carbocycles. The summed E-state index contributed by atoms with van der Waals surface area (Å²) >= 11 is 5.92. The van der Waals surface area contributed by atoms with Crippen molar-refractivity contribution in [2.75, 3.05) is 12.3 Å². The van der Waals surface area contributed by atoms with Gasteiger partial charge in [-0.2, -0.15) is 0 Å². The van der Waals surface area contributed by atoms with Crippen molar-refractivity contribution in [3.8, 4) is 0 Å². The summed E-state index contributed by atoms with van der Waals surface area (Å²) in [4.78, 5) is 2.52. The van der Waals surface area contributed by atoms with Crippen LogP contribution in [-0.4, -0.2) is 17.5 Å². The minimum atomic E-state index is 0.654. The maximum Gasteiger partial charge on any atom is 0.0426 e. The van der Waals surface area contributed by atoms with E-state index >= 15 is 0 Å². The van der Waals surface area contributed by atoms with Crippen LogP contribution in [0.15, 0.2) is 18.2 Å². The highest BCUT2D eigenvalue weighted by Crippen LogP contribution is 2.26. The lowest BCUT2D eigenvalue weighted by molar-refractivity contribution is 0.117. The molecule has 2 rings (SSSR count). The minimum Gasteiger partial charge on any atom is -0.398 e. The van der Waals surface area contributed by atoms with Gasteiger partial charge in [-0.3, -0.25) is 4.90 Å². The van der Waals surface area contributed by atoms with Gasteiger partial charge in [-0.25, -0.2) is 0 Å². The van der Waals surface area contributed by atoms with Crippen LogP contribution in [0.5, 0.6) is 0 Å². The molecule has 0 aromatic heterocycles. The number of rotatable bonds is 2. The summed E-state index contributed by atoms with van der Waals surface area (Å²) in [5.41, 5.74) is 8.01. The number of nitrogen functional groups attached to an aromatic ring is 1. The van der Waals surface area contributed by atoms with Gasteiger partial charge in [-0.1, -0.05) is 24.6 Å². The van der Waals surface area contributed by atoms with Crippen molar-refractivity contribution < 1.29 is 0 Å². The van der Waals surface area contributed by atoms with Crippen molar-refractivity contribution in [2.45, 2.75) is 39.3 Å². The van der Waals surface area contributed by atoms with Crippen LogP contribution in [0.1, 0.15) is 32.3 Å². The van der Waals surface area contributed by atoms with Gasteiger partial charge in [-0.15, -0.1) is 0 Å². The maximum absolute atomic E-state index is 6.01. The van der Waals surface area contributed by atoms with Gasteiger partial charge in [0.2, 0.25) is 0 Å². The summed E-state index contributed by atoms with van der Waals surface area (Å²) in [7, 11) is 0. The molecule has 1 aromatic carbocycles. The Hall–Kier alpha value is -0.730. The van der Waals surface area contributed by atoms with Crippen molar-refractivity contribution in [1.29, 1.82) is 0 Å². The summed E-state index contributed by atoms with van der Waals surface area (Å²) in [5.74, 6) is 0.791. The zero-order chi connectivity index (χ0) is 12.4. The van der Waals surface area contributed by atoms with Crippen LogP contribution in [-0.2, 0) is 6.54 Å². The zero-order valence-electron chi connectivity index (χ0n) is 10.6. The standard InChI is InChI=1S/C14H21ClN2/c1-10-3-4-11(2)17(8-10)9-12-5-6-13(15)7-14(12)16/h5-7,10-11H,3-4,8-9,16H2,1-2H3. The van der Waals surface area contributed by atoms with Crippen LogP contribution in [0.4, 0.5) is 5.69 Å². The van der Waals surface area contributed by atoms with Gasteiger partial charge in [-0.05, 0) is 43.4 Å². The lowest BCUT2D eigenvalue weighted by atomic mass is 9.94. The number of nitrogens with zero attached hydrogens (tertiary/aromatic N) is 1. The Morgan fingerprint density at radius 2 is 2.12 bits per heavy atom. The molecule has 0 radical (unpaired) electrons. The Labute approximate surface area is 109 Å². The summed E-state index contributed by atoms with van der Waals surface area (Å²) in [6.45, 7) is 6.74. The Bertz CT molecular complexity index is 392. The van der Waals surface area contributed by atoms with E-state index in [0.717, 1.165) is 18.2 Å². The van der Waals surface area contributed by atoms with Crippen LogP contribution < -0.4 is 5.73 Å². The number of nitrogens with two attached hydrogens (primary N) is 1. The van der Waals surface area contributed by atoms with E-state index in [1.165, 1.54) is 24.9 Å². The fourth-order valence-corrected chi connectivity index (χ4v) is 2.71. The first-order valence-electron chi connectivity index (χ1n) is 6.34. The third-order valence-electron chi connectivity index (χ3n) is 3.73. The van der Waals surface area contributed by atoms with Crippen molar-refractivity contribution in [2.24, 2.45) is 5.92 Å². The Balaban J connectivity index is 2.08. The van der Waals surface area contributed by atoms with Gasteiger partial charge < -0.3 is 5.73 Å². The van der Waals surface area contributed by atoms with Gasteiger partial charge >= 0.3 is 0 Å². The average molecular weight is 253 g/mol. The highest BCUT2D eigenvalue weighted by molar-refractivity contribution is 6.30. The second kappa shape index (κ2) is 5.28. The smallest absolute Gasteiger partial charge is 0.0426 e. The van der Waals surface area contributed by atoms with E-state index in [1.54, 1.807) is 0 Å². The SMILES string of the molecule is CC1CCC(C)N(Cc2ccc(Cl)cc2N)C1.